The number of carbonyl (C=O) groups is 1. The number of carboxylic acid groups (broad SMARTS) is 1. The molecule has 6 nitrogen and oxygen atoms in total. The van der Waals surface area contributed by atoms with Crippen molar-refractivity contribution >= 4 is 12.0 Å². The fraction of sp³-hybridized carbons (Fsp3) is 0.833. The zero-order chi connectivity index (χ0) is 13.9. The molecule has 1 rings (SSSR count). The first kappa shape index (κ1) is 14.8. The lowest BCUT2D eigenvalue weighted by atomic mass is 9.79. The van der Waals surface area contributed by atoms with E-state index in [0.29, 0.717) is 6.61 Å². The standard InChI is InChI=1S/C12H19NO5/c1-6(9-4-18-9)7(2)11(13-5-14)10(8(3)15)12(16)17/h6-11,15H,4H2,1-3H3,(H,16,17). The summed E-state index contributed by atoms with van der Waals surface area (Å²) in [5, 5.41) is 18.7. The lowest BCUT2D eigenvalue weighted by Gasteiger charge is -2.29. The molecule has 0 bridgehead atoms. The molecule has 1 heterocycles. The van der Waals surface area contributed by atoms with E-state index in [1.165, 1.54) is 13.0 Å². The lowest BCUT2D eigenvalue weighted by molar-refractivity contribution is -0.147. The zero-order valence-corrected chi connectivity index (χ0v) is 10.7. The molecule has 1 fully saturated rings. The summed E-state index contributed by atoms with van der Waals surface area (Å²) in [4.78, 5) is 25.3. The highest BCUT2D eigenvalue weighted by Crippen LogP contribution is 2.33. The molecule has 2 N–H and O–H groups in total. The second kappa shape index (κ2) is 6.09. The highest BCUT2D eigenvalue weighted by molar-refractivity contribution is 5.72. The Labute approximate surface area is 106 Å². The number of aliphatic imine (C=N–C) groups is 1. The molecular weight excluding hydrogens is 238 g/mol. The highest BCUT2D eigenvalue weighted by Gasteiger charge is 2.42. The van der Waals surface area contributed by atoms with E-state index in [1.54, 1.807) is 0 Å². The average molecular weight is 257 g/mol. The first-order valence-electron chi connectivity index (χ1n) is 5.99. The summed E-state index contributed by atoms with van der Waals surface area (Å²) in [7, 11) is 0. The molecule has 1 aliphatic rings. The van der Waals surface area contributed by atoms with E-state index in [-0.39, 0.29) is 17.9 Å². The molecule has 0 amide bonds. The fourth-order valence-electron chi connectivity index (χ4n) is 2.23. The van der Waals surface area contributed by atoms with Crippen LogP contribution in [-0.2, 0) is 14.3 Å². The van der Waals surface area contributed by atoms with Gasteiger partial charge in [-0.25, -0.2) is 9.79 Å². The number of hydrogen-bond donors (Lipinski definition) is 2. The van der Waals surface area contributed by atoms with Crippen LogP contribution >= 0.6 is 0 Å². The van der Waals surface area contributed by atoms with Gasteiger partial charge in [0.2, 0.25) is 6.08 Å². The topological polar surface area (TPSA) is 99.5 Å². The van der Waals surface area contributed by atoms with Crippen LogP contribution in [0.1, 0.15) is 20.8 Å². The molecule has 6 unspecified atom stereocenters. The third-order valence-electron chi connectivity index (χ3n) is 3.69. The highest BCUT2D eigenvalue weighted by atomic mass is 16.6. The van der Waals surface area contributed by atoms with Crippen LogP contribution in [0.15, 0.2) is 4.99 Å². The molecule has 1 aliphatic heterocycles. The minimum atomic E-state index is -1.16. The van der Waals surface area contributed by atoms with Crippen LogP contribution in [0.25, 0.3) is 0 Å². The number of aliphatic hydroxyl groups is 1. The Morgan fingerprint density at radius 2 is 2.00 bits per heavy atom. The quantitative estimate of drug-likeness (QED) is 0.392. The van der Waals surface area contributed by atoms with Crippen molar-refractivity contribution in [1.82, 2.24) is 0 Å². The van der Waals surface area contributed by atoms with Crippen LogP contribution in [0.3, 0.4) is 0 Å². The van der Waals surface area contributed by atoms with E-state index in [0.717, 1.165) is 0 Å². The van der Waals surface area contributed by atoms with Crippen molar-refractivity contribution in [3.05, 3.63) is 0 Å². The normalized spacial score (nSPS) is 26.3. The minimum absolute atomic E-state index is 0.0766. The summed E-state index contributed by atoms with van der Waals surface area (Å²) in [6, 6.07) is -0.792. The maximum Gasteiger partial charge on any atom is 0.311 e. The first-order valence-corrected chi connectivity index (χ1v) is 5.99. The van der Waals surface area contributed by atoms with E-state index in [4.69, 9.17) is 9.84 Å². The fourth-order valence-corrected chi connectivity index (χ4v) is 2.23. The third kappa shape index (κ3) is 3.38. The van der Waals surface area contributed by atoms with Crippen LogP contribution in [0.4, 0.5) is 0 Å². The number of carbonyl (C=O) groups excluding carboxylic acids is 1. The number of carboxylic acids is 1. The van der Waals surface area contributed by atoms with Crippen molar-refractivity contribution in [2.75, 3.05) is 6.61 Å². The predicted octanol–water partition coefficient (Wildman–Crippen LogP) is 0.443. The van der Waals surface area contributed by atoms with Gasteiger partial charge in [-0.05, 0) is 18.8 Å². The van der Waals surface area contributed by atoms with Gasteiger partial charge >= 0.3 is 5.97 Å². The van der Waals surface area contributed by atoms with Crippen LogP contribution in [0.5, 0.6) is 0 Å². The molecule has 6 heteroatoms. The number of rotatable bonds is 7. The molecule has 0 saturated carbocycles. The Morgan fingerprint density at radius 1 is 1.44 bits per heavy atom. The molecule has 1 saturated heterocycles. The lowest BCUT2D eigenvalue weighted by Crippen LogP contribution is -2.41. The monoisotopic (exact) mass is 257 g/mol. The van der Waals surface area contributed by atoms with Gasteiger partial charge in [0.15, 0.2) is 0 Å². The molecule has 6 atom stereocenters. The SMILES string of the molecule is CC(O)C(C(=O)O)C(N=C=O)C(C)C(C)C1CO1. The Kier molecular flexibility index (Phi) is 5.02. The summed E-state index contributed by atoms with van der Waals surface area (Å²) in [5.41, 5.74) is 0. The third-order valence-corrected chi connectivity index (χ3v) is 3.69. The van der Waals surface area contributed by atoms with Crippen LogP contribution in [0.2, 0.25) is 0 Å². The van der Waals surface area contributed by atoms with E-state index < -0.39 is 24.0 Å². The van der Waals surface area contributed by atoms with Crippen LogP contribution in [0, 0.1) is 17.8 Å². The van der Waals surface area contributed by atoms with Crippen molar-refractivity contribution in [3.63, 3.8) is 0 Å². The van der Waals surface area contributed by atoms with Crippen LogP contribution < -0.4 is 0 Å². The number of aliphatic carboxylic acids is 1. The van der Waals surface area contributed by atoms with Gasteiger partial charge in [0, 0.05) is 0 Å². The Balaban J connectivity index is 2.91. The van der Waals surface area contributed by atoms with Gasteiger partial charge in [-0.3, -0.25) is 4.79 Å². The maximum absolute atomic E-state index is 11.2. The van der Waals surface area contributed by atoms with Gasteiger partial charge in [0.25, 0.3) is 0 Å². The maximum atomic E-state index is 11.2. The van der Waals surface area contributed by atoms with E-state index >= 15 is 0 Å². The summed E-state index contributed by atoms with van der Waals surface area (Å²) < 4.78 is 5.17. The number of ether oxygens (including phenoxy) is 1. The number of hydrogen-bond acceptors (Lipinski definition) is 5. The molecule has 0 aliphatic carbocycles. The Hall–Kier alpha value is -1.23. The van der Waals surface area contributed by atoms with Crippen molar-refractivity contribution in [3.8, 4) is 0 Å². The minimum Gasteiger partial charge on any atom is -0.481 e. The van der Waals surface area contributed by atoms with Gasteiger partial charge in [-0.15, -0.1) is 0 Å². The number of nitrogens with zero attached hydrogens (tertiary/aromatic N) is 1. The average Bonchev–Trinajstić information content (AvgIpc) is 3.09. The molecule has 18 heavy (non-hydrogen) atoms. The zero-order valence-electron chi connectivity index (χ0n) is 10.7. The Morgan fingerprint density at radius 3 is 2.33 bits per heavy atom. The van der Waals surface area contributed by atoms with E-state index in [1.807, 2.05) is 13.8 Å². The second-order valence-corrected chi connectivity index (χ2v) is 4.91. The van der Waals surface area contributed by atoms with Crippen molar-refractivity contribution in [2.45, 2.75) is 39.0 Å². The number of aliphatic hydroxyl groups excluding tert-OH is 1. The number of isocyanates is 1. The summed E-state index contributed by atoms with van der Waals surface area (Å²) in [6.07, 6.45) is 0.420. The van der Waals surface area contributed by atoms with Crippen molar-refractivity contribution in [2.24, 2.45) is 22.7 Å². The summed E-state index contributed by atoms with van der Waals surface area (Å²) in [6.45, 7) is 5.78. The Bertz CT molecular complexity index is 346. The molecular formula is C12H19NO5. The van der Waals surface area contributed by atoms with Gasteiger partial charge in [-0.2, -0.15) is 0 Å². The van der Waals surface area contributed by atoms with E-state index in [2.05, 4.69) is 4.99 Å². The molecule has 0 aromatic carbocycles. The molecule has 0 aromatic heterocycles. The van der Waals surface area contributed by atoms with Gasteiger partial charge in [0.05, 0.1) is 24.9 Å². The van der Waals surface area contributed by atoms with Crippen molar-refractivity contribution < 1.29 is 24.5 Å². The summed E-state index contributed by atoms with van der Waals surface area (Å²) >= 11 is 0. The molecule has 0 radical (unpaired) electrons. The summed E-state index contributed by atoms with van der Waals surface area (Å²) in [5.74, 6) is -2.38. The van der Waals surface area contributed by atoms with Gasteiger partial charge in [0.1, 0.15) is 5.92 Å². The predicted molar refractivity (Wildman–Crippen MR) is 62.8 cm³/mol. The molecule has 0 aromatic rings. The molecule has 0 spiro atoms. The first-order chi connectivity index (χ1) is 8.40. The smallest absolute Gasteiger partial charge is 0.311 e. The van der Waals surface area contributed by atoms with Gasteiger partial charge in [-0.1, -0.05) is 13.8 Å². The second-order valence-electron chi connectivity index (χ2n) is 4.91. The van der Waals surface area contributed by atoms with Crippen molar-refractivity contribution in [1.29, 1.82) is 0 Å². The van der Waals surface area contributed by atoms with Crippen LogP contribution in [-0.4, -0.2) is 47.1 Å². The largest absolute Gasteiger partial charge is 0.481 e. The van der Waals surface area contributed by atoms with E-state index in [9.17, 15) is 14.7 Å². The number of epoxide rings is 1. The van der Waals surface area contributed by atoms with Gasteiger partial charge < -0.3 is 14.9 Å². The molecule has 102 valence electrons.